The molecule has 42 heavy (non-hydrogen) atoms. The fourth-order valence-electron chi connectivity index (χ4n) is 4.48. The second-order valence-corrected chi connectivity index (χ2v) is 10.3. The van der Waals surface area contributed by atoms with Crippen molar-refractivity contribution in [3.63, 3.8) is 0 Å². The number of anilines is 5. The number of aliphatic carboxylic acids is 1. The quantitative estimate of drug-likeness (QED) is 0.264. The highest BCUT2D eigenvalue weighted by atomic mass is 35.5. The smallest absolute Gasteiger partial charge is 0.327 e. The average molecular weight is 619 g/mol. The van der Waals surface area contributed by atoms with Crippen molar-refractivity contribution in [2.24, 2.45) is 0 Å². The second kappa shape index (κ2) is 14.3. The minimum atomic E-state index is -0.750. The number of ether oxygens (including phenoxy) is 2. The van der Waals surface area contributed by atoms with Crippen LogP contribution >= 0.6 is 23.2 Å². The Morgan fingerprint density at radius 1 is 1.00 bits per heavy atom. The molecule has 3 aromatic rings. The summed E-state index contributed by atoms with van der Waals surface area (Å²) >= 11 is 12.8. The van der Waals surface area contributed by atoms with Crippen LogP contribution in [-0.4, -0.2) is 86.0 Å². The molecule has 0 spiro atoms. The fourth-order valence-corrected chi connectivity index (χ4v) is 5.07. The number of amides is 2. The topological polar surface area (TPSA) is 132 Å². The van der Waals surface area contributed by atoms with Gasteiger partial charge in [-0.2, -0.15) is 0 Å². The van der Waals surface area contributed by atoms with Gasteiger partial charge in [0.05, 0.1) is 19.9 Å². The monoisotopic (exact) mass is 617 g/mol. The zero-order valence-electron chi connectivity index (χ0n) is 23.6. The molecule has 4 rings (SSSR count). The Morgan fingerprint density at radius 2 is 1.64 bits per heavy atom. The van der Waals surface area contributed by atoms with E-state index in [1.807, 2.05) is 24.3 Å². The van der Waals surface area contributed by atoms with Crippen LogP contribution in [0.3, 0.4) is 0 Å². The number of carbonyl (C=O) groups is 2. The minimum Gasteiger partial charge on any atom is -0.495 e. The number of benzene rings is 2. The van der Waals surface area contributed by atoms with Gasteiger partial charge in [0.1, 0.15) is 39.5 Å². The standard InChI is InChI=1S/C28H33Cl2N7O5/c1-35(28(40)34-27-25(29)20(41-2)15-21(42-3)26(27)30)23-16-22(31-17-32-23)33-18-6-8-19(9-7-18)37-13-11-36(12-14-37)10-4-5-24(38)39/h6-9,15-17H,4-5,10-14H2,1-3H3,(H,34,40)(H,38,39)(H,31,32,33). The Labute approximate surface area is 254 Å². The summed E-state index contributed by atoms with van der Waals surface area (Å²) in [5, 5.41) is 15.1. The summed E-state index contributed by atoms with van der Waals surface area (Å²) in [4.78, 5) is 38.2. The zero-order chi connectivity index (χ0) is 30.2. The number of carbonyl (C=O) groups excluding carboxylic acids is 1. The fraction of sp³-hybridized carbons (Fsp3) is 0.357. The number of methoxy groups -OCH3 is 2. The molecule has 2 amide bonds. The van der Waals surface area contributed by atoms with E-state index < -0.39 is 12.0 Å². The van der Waals surface area contributed by atoms with E-state index >= 15 is 0 Å². The largest absolute Gasteiger partial charge is 0.495 e. The molecule has 0 bridgehead atoms. The Bertz CT molecular complexity index is 1370. The Hall–Kier alpha value is -4.00. The summed E-state index contributed by atoms with van der Waals surface area (Å²) in [6.45, 7) is 4.35. The van der Waals surface area contributed by atoms with Crippen LogP contribution in [0, 0.1) is 0 Å². The molecule has 0 aliphatic carbocycles. The van der Waals surface area contributed by atoms with E-state index in [1.165, 1.54) is 31.5 Å². The Balaban J connectivity index is 1.36. The van der Waals surface area contributed by atoms with Crippen LogP contribution in [0.5, 0.6) is 11.5 Å². The molecular formula is C28H33Cl2N7O5. The molecule has 0 saturated carbocycles. The zero-order valence-corrected chi connectivity index (χ0v) is 25.1. The van der Waals surface area contributed by atoms with Crippen LogP contribution in [0.4, 0.5) is 33.5 Å². The molecule has 1 fully saturated rings. The van der Waals surface area contributed by atoms with Gasteiger partial charge in [-0.3, -0.25) is 14.6 Å². The van der Waals surface area contributed by atoms with Crippen LogP contribution in [0.1, 0.15) is 12.8 Å². The van der Waals surface area contributed by atoms with Gasteiger partial charge in [-0.05, 0) is 37.2 Å². The molecule has 14 heteroatoms. The third kappa shape index (κ3) is 7.64. The van der Waals surface area contributed by atoms with E-state index in [0.29, 0.717) is 29.6 Å². The van der Waals surface area contributed by atoms with Gasteiger partial charge in [0, 0.05) is 63.2 Å². The number of carboxylic acid groups (broad SMARTS) is 1. The van der Waals surface area contributed by atoms with Crippen molar-refractivity contribution in [1.82, 2.24) is 14.9 Å². The summed E-state index contributed by atoms with van der Waals surface area (Å²) in [6, 6.07) is 10.7. The number of piperazine rings is 1. The second-order valence-electron chi connectivity index (χ2n) is 9.53. The van der Waals surface area contributed by atoms with Crippen molar-refractivity contribution in [2.75, 3.05) is 74.4 Å². The highest BCUT2D eigenvalue weighted by Gasteiger charge is 2.22. The van der Waals surface area contributed by atoms with Crippen molar-refractivity contribution in [1.29, 1.82) is 0 Å². The molecule has 1 aliphatic rings. The summed E-state index contributed by atoms with van der Waals surface area (Å²) in [6.07, 6.45) is 2.23. The number of hydrogen-bond acceptors (Lipinski definition) is 9. The summed E-state index contributed by atoms with van der Waals surface area (Å²) < 4.78 is 10.5. The lowest BCUT2D eigenvalue weighted by atomic mass is 10.2. The van der Waals surface area contributed by atoms with Crippen LogP contribution < -0.4 is 29.9 Å². The molecule has 1 aliphatic heterocycles. The van der Waals surface area contributed by atoms with Crippen LogP contribution in [0.2, 0.25) is 10.0 Å². The van der Waals surface area contributed by atoms with Gasteiger partial charge in [0.25, 0.3) is 0 Å². The van der Waals surface area contributed by atoms with E-state index in [0.717, 1.165) is 44.1 Å². The normalized spacial score (nSPS) is 13.4. The first-order chi connectivity index (χ1) is 20.2. The van der Waals surface area contributed by atoms with Crippen molar-refractivity contribution < 1.29 is 24.2 Å². The average Bonchev–Trinajstić information content (AvgIpc) is 2.99. The van der Waals surface area contributed by atoms with E-state index in [-0.39, 0.29) is 22.2 Å². The van der Waals surface area contributed by atoms with E-state index in [1.54, 1.807) is 13.1 Å². The van der Waals surface area contributed by atoms with Gasteiger partial charge in [-0.1, -0.05) is 23.2 Å². The van der Waals surface area contributed by atoms with Crippen LogP contribution in [0.25, 0.3) is 0 Å². The lowest BCUT2D eigenvalue weighted by molar-refractivity contribution is -0.137. The van der Waals surface area contributed by atoms with Crippen molar-refractivity contribution >= 4 is 63.9 Å². The maximum absolute atomic E-state index is 13.1. The number of carboxylic acids is 1. The molecule has 1 saturated heterocycles. The molecule has 12 nitrogen and oxygen atoms in total. The highest BCUT2D eigenvalue weighted by Crippen LogP contribution is 2.44. The third-order valence-electron chi connectivity index (χ3n) is 6.85. The summed E-state index contributed by atoms with van der Waals surface area (Å²) in [5.41, 5.74) is 2.08. The van der Waals surface area contributed by atoms with E-state index in [2.05, 4.69) is 30.4 Å². The van der Waals surface area contributed by atoms with Gasteiger partial charge in [-0.15, -0.1) is 0 Å². The number of nitrogens with zero attached hydrogens (tertiary/aromatic N) is 5. The number of urea groups is 1. The van der Waals surface area contributed by atoms with Gasteiger partial charge in [0.15, 0.2) is 0 Å². The van der Waals surface area contributed by atoms with Gasteiger partial charge in [0.2, 0.25) is 0 Å². The van der Waals surface area contributed by atoms with E-state index in [4.69, 9.17) is 37.8 Å². The highest BCUT2D eigenvalue weighted by molar-refractivity contribution is 6.41. The number of rotatable bonds is 11. The van der Waals surface area contributed by atoms with E-state index in [9.17, 15) is 9.59 Å². The molecule has 224 valence electrons. The molecule has 2 heterocycles. The van der Waals surface area contributed by atoms with Crippen molar-refractivity contribution in [3.8, 4) is 11.5 Å². The Morgan fingerprint density at radius 3 is 2.24 bits per heavy atom. The van der Waals surface area contributed by atoms with Crippen LogP contribution in [-0.2, 0) is 4.79 Å². The van der Waals surface area contributed by atoms with Gasteiger partial charge >= 0.3 is 12.0 Å². The van der Waals surface area contributed by atoms with Gasteiger partial charge < -0.3 is 30.1 Å². The molecule has 0 atom stereocenters. The molecule has 1 aromatic heterocycles. The number of nitrogens with one attached hydrogen (secondary N) is 2. The third-order valence-corrected chi connectivity index (χ3v) is 7.60. The SMILES string of the molecule is COc1cc(OC)c(Cl)c(NC(=O)N(C)c2cc(Nc3ccc(N4CCN(CCCC(=O)O)CC4)cc3)ncn2)c1Cl. The predicted octanol–water partition coefficient (Wildman–Crippen LogP) is 5.20. The summed E-state index contributed by atoms with van der Waals surface area (Å²) in [5.74, 6) is 0.683. The number of hydrogen-bond donors (Lipinski definition) is 3. The maximum Gasteiger partial charge on any atom is 0.327 e. The number of halogens is 2. The first kappa shape index (κ1) is 30.9. The lowest BCUT2D eigenvalue weighted by Crippen LogP contribution is -2.46. The minimum absolute atomic E-state index is 0.135. The van der Waals surface area contributed by atoms with Crippen molar-refractivity contribution in [2.45, 2.75) is 12.8 Å². The first-order valence-electron chi connectivity index (χ1n) is 13.2. The van der Waals surface area contributed by atoms with Crippen molar-refractivity contribution in [3.05, 3.63) is 52.8 Å². The molecule has 0 radical (unpaired) electrons. The Kier molecular flexibility index (Phi) is 10.5. The lowest BCUT2D eigenvalue weighted by Gasteiger charge is -2.36. The maximum atomic E-state index is 13.1. The first-order valence-corrected chi connectivity index (χ1v) is 14.0. The summed E-state index contributed by atoms with van der Waals surface area (Å²) in [7, 11) is 4.46. The molecule has 2 aromatic carbocycles. The molecule has 3 N–H and O–H groups in total. The number of aromatic nitrogens is 2. The van der Waals surface area contributed by atoms with Gasteiger partial charge in [-0.25, -0.2) is 14.8 Å². The molecular weight excluding hydrogens is 585 g/mol. The predicted molar refractivity (Wildman–Crippen MR) is 164 cm³/mol. The van der Waals surface area contributed by atoms with Crippen LogP contribution in [0.15, 0.2) is 42.7 Å². The molecule has 0 unspecified atom stereocenters.